The second-order valence-corrected chi connectivity index (χ2v) is 4.73. The Kier molecular flexibility index (Phi) is 4.15. The highest BCUT2D eigenvalue weighted by atomic mass is 16.6. The van der Waals surface area contributed by atoms with Crippen molar-refractivity contribution in [3.05, 3.63) is 33.9 Å². The summed E-state index contributed by atoms with van der Waals surface area (Å²) in [5, 5.41) is 14.0. The van der Waals surface area contributed by atoms with E-state index in [1.807, 2.05) is 6.92 Å². The number of rotatable bonds is 4. The van der Waals surface area contributed by atoms with E-state index >= 15 is 0 Å². The van der Waals surface area contributed by atoms with Crippen LogP contribution < -0.4 is 10.1 Å². The van der Waals surface area contributed by atoms with Gasteiger partial charge in [0.05, 0.1) is 17.6 Å². The average molecular weight is 250 g/mol. The summed E-state index contributed by atoms with van der Waals surface area (Å²) < 4.78 is 5.72. The standard InChI is InChI=1S/C13H18N2O3/c1-10-4-5-12(15(16)17)7-13(10)18-9-11-3-2-6-14-8-11/h4-5,7,11,14H,2-3,6,8-9H2,1H3. The monoisotopic (exact) mass is 250 g/mol. The molecule has 1 N–H and O–H groups in total. The van der Waals surface area contributed by atoms with Gasteiger partial charge in [-0.25, -0.2) is 0 Å². The van der Waals surface area contributed by atoms with Gasteiger partial charge in [0.15, 0.2) is 0 Å². The minimum atomic E-state index is -0.394. The maximum absolute atomic E-state index is 10.7. The summed E-state index contributed by atoms with van der Waals surface area (Å²) >= 11 is 0. The van der Waals surface area contributed by atoms with E-state index in [1.54, 1.807) is 6.07 Å². The van der Waals surface area contributed by atoms with Crippen LogP contribution in [0.25, 0.3) is 0 Å². The molecule has 0 bridgehead atoms. The molecule has 1 atom stereocenters. The van der Waals surface area contributed by atoms with E-state index in [0.717, 1.165) is 25.1 Å². The van der Waals surface area contributed by atoms with Gasteiger partial charge in [-0.2, -0.15) is 0 Å². The molecule has 1 heterocycles. The van der Waals surface area contributed by atoms with Crippen molar-refractivity contribution in [1.29, 1.82) is 0 Å². The van der Waals surface area contributed by atoms with Crippen LogP contribution in [-0.2, 0) is 0 Å². The first kappa shape index (κ1) is 12.8. The number of nitrogens with zero attached hydrogens (tertiary/aromatic N) is 1. The van der Waals surface area contributed by atoms with Crippen LogP contribution in [0.2, 0.25) is 0 Å². The highest BCUT2D eigenvalue weighted by Gasteiger charge is 2.15. The van der Waals surface area contributed by atoms with Crippen LogP contribution in [0.15, 0.2) is 18.2 Å². The number of hydrogen-bond acceptors (Lipinski definition) is 4. The number of benzene rings is 1. The summed E-state index contributed by atoms with van der Waals surface area (Å²) in [7, 11) is 0. The fourth-order valence-corrected chi connectivity index (χ4v) is 2.13. The molecule has 2 rings (SSSR count). The van der Waals surface area contributed by atoms with Crippen molar-refractivity contribution in [3.8, 4) is 5.75 Å². The molecule has 0 aromatic heterocycles. The van der Waals surface area contributed by atoms with Gasteiger partial charge in [0.1, 0.15) is 5.75 Å². The second kappa shape index (κ2) is 5.82. The van der Waals surface area contributed by atoms with E-state index in [4.69, 9.17) is 4.74 Å². The van der Waals surface area contributed by atoms with E-state index in [9.17, 15) is 10.1 Å². The number of nitro benzene ring substituents is 1. The molecule has 5 heteroatoms. The van der Waals surface area contributed by atoms with Crippen molar-refractivity contribution in [2.24, 2.45) is 5.92 Å². The van der Waals surface area contributed by atoms with Gasteiger partial charge < -0.3 is 10.1 Å². The Labute approximate surface area is 106 Å². The first-order valence-electron chi connectivity index (χ1n) is 6.25. The Morgan fingerprint density at radius 3 is 3.06 bits per heavy atom. The minimum Gasteiger partial charge on any atom is -0.493 e. The summed E-state index contributed by atoms with van der Waals surface area (Å²) in [6, 6.07) is 4.74. The molecule has 98 valence electrons. The molecule has 0 radical (unpaired) electrons. The van der Waals surface area contributed by atoms with Crippen LogP contribution in [-0.4, -0.2) is 24.6 Å². The molecule has 18 heavy (non-hydrogen) atoms. The number of nitro groups is 1. The largest absolute Gasteiger partial charge is 0.493 e. The molecular weight excluding hydrogens is 232 g/mol. The number of ether oxygens (including phenoxy) is 1. The van der Waals surface area contributed by atoms with Crippen molar-refractivity contribution >= 4 is 5.69 Å². The van der Waals surface area contributed by atoms with Gasteiger partial charge in [0.25, 0.3) is 5.69 Å². The van der Waals surface area contributed by atoms with Gasteiger partial charge in [-0.3, -0.25) is 10.1 Å². The quantitative estimate of drug-likeness (QED) is 0.657. The van der Waals surface area contributed by atoms with Gasteiger partial charge in [0, 0.05) is 18.5 Å². The maximum atomic E-state index is 10.7. The van der Waals surface area contributed by atoms with E-state index < -0.39 is 4.92 Å². The summed E-state index contributed by atoms with van der Waals surface area (Å²) in [4.78, 5) is 10.3. The molecule has 0 amide bonds. The Bertz CT molecular complexity index is 428. The summed E-state index contributed by atoms with van der Waals surface area (Å²) in [6.45, 7) is 4.56. The second-order valence-electron chi connectivity index (χ2n) is 4.73. The molecule has 1 saturated heterocycles. The van der Waals surface area contributed by atoms with Crippen molar-refractivity contribution in [1.82, 2.24) is 5.32 Å². The third kappa shape index (κ3) is 3.20. The van der Waals surface area contributed by atoms with Crippen LogP contribution in [0.1, 0.15) is 18.4 Å². The lowest BCUT2D eigenvalue weighted by atomic mass is 10.0. The minimum absolute atomic E-state index is 0.0809. The molecule has 5 nitrogen and oxygen atoms in total. The van der Waals surface area contributed by atoms with Crippen LogP contribution in [0.4, 0.5) is 5.69 Å². The van der Waals surface area contributed by atoms with E-state index in [1.165, 1.54) is 18.6 Å². The smallest absolute Gasteiger partial charge is 0.273 e. The highest BCUT2D eigenvalue weighted by Crippen LogP contribution is 2.25. The molecule has 1 aromatic rings. The average Bonchev–Trinajstić information content (AvgIpc) is 2.38. The zero-order valence-electron chi connectivity index (χ0n) is 10.5. The van der Waals surface area contributed by atoms with Crippen LogP contribution >= 0.6 is 0 Å². The Morgan fingerprint density at radius 2 is 2.39 bits per heavy atom. The number of non-ortho nitro benzene ring substituents is 1. The highest BCUT2D eigenvalue weighted by molar-refractivity contribution is 5.43. The zero-order chi connectivity index (χ0) is 13.0. The number of piperidine rings is 1. The van der Waals surface area contributed by atoms with Crippen LogP contribution in [0.5, 0.6) is 5.75 Å². The lowest BCUT2D eigenvalue weighted by Gasteiger charge is -2.23. The van der Waals surface area contributed by atoms with Crippen molar-refractivity contribution in [2.75, 3.05) is 19.7 Å². The first-order chi connectivity index (χ1) is 8.66. The van der Waals surface area contributed by atoms with Gasteiger partial charge in [-0.05, 0) is 37.9 Å². The summed E-state index contributed by atoms with van der Waals surface area (Å²) in [6.07, 6.45) is 2.32. The molecular formula is C13H18N2O3. The Morgan fingerprint density at radius 1 is 1.56 bits per heavy atom. The topological polar surface area (TPSA) is 64.4 Å². The SMILES string of the molecule is Cc1ccc([N+](=O)[O-])cc1OCC1CCCNC1. The normalized spacial score (nSPS) is 19.5. The molecule has 0 spiro atoms. The molecule has 1 aromatic carbocycles. The molecule has 1 aliphatic rings. The first-order valence-corrected chi connectivity index (χ1v) is 6.25. The van der Waals surface area contributed by atoms with Gasteiger partial charge in [-0.1, -0.05) is 0 Å². The lowest BCUT2D eigenvalue weighted by molar-refractivity contribution is -0.385. The van der Waals surface area contributed by atoms with Crippen molar-refractivity contribution in [3.63, 3.8) is 0 Å². The van der Waals surface area contributed by atoms with Gasteiger partial charge in [-0.15, -0.1) is 0 Å². The molecule has 0 saturated carbocycles. The summed E-state index contributed by atoms with van der Waals surface area (Å²) in [5.41, 5.74) is 1.02. The van der Waals surface area contributed by atoms with E-state index in [2.05, 4.69) is 5.32 Å². The predicted molar refractivity (Wildman–Crippen MR) is 68.9 cm³/mol. The number of aryl methyl sites for hydroxylation is 1. The summed E-state index contributed by atoms with van der Waals surface area (Å²) in [5.74, 6) is 1.12. The fraction of sp³-hybridized carbons (Fsp3) is 0.538. The van der Waals surface area contributed by atoms with E-state index in [0.29, 0.717) is 18.3 Å². The van der Waals surface area contributed by atoms with Crippen molar-refractivity contribution in [2.45, 2.75) is 19.8 Å². The molecule has 1 fully saturated rings. The maximum Gasteiger partial charge on any atom is 0.273 e. The molecule has 0 aliphatic carbocycles. The van der Waals surface area contributed by atoms with E-state index in [-0.39, 0.29) is 5.69 Å². The van der Waals surface area contributed by atoms with Crippen LogP contribution in [0, 0.1) is 23.0 Å². The third-order valence-corrected chi connectivity index (χ3v) is 3.26. The molecule has 1 aliphatic heterocycles. The zero-order valence-corrected chi connectivity index (χ0v) is 10.5. The predicted octanol–water partition coefficient (Wildman–Crippen LogP) is 2.28. The van der Waals surface area contributed by atoms with Crippen LogP contribution in [0.3, 0.4) is 0 Å². The third-order valence-electron chi connectivity index (χ3n) is 3.26. The van der Waals surface area contributed by atoms with Gasteiger partial charge >= 0.3 is 0 Å². The van der Waals surface area contributed by atoms with Crippen molar-refractivity contribution < 1.29 is 9.66 Å². The lowest BCUT2D eigenvalue weighted by Crippen LogP contribution is -2.33. The van der Waals surface area contributed by atoms with Gasteiger partial charge in [0.2, 0.25) is 0 Å². The molecule has 1 unspecified atom stereocenters. The Balaban J connectivity index is 1.99. The fourth-order valence-electron chi connectivity index (χ4n) is 2.13. The number of nitrogens with one attached hydrogen (secondary N) is 1. The Hall–Kier alpha value is -1.62. The number of hydrogen-bond donors (Lipinski definition) is 1.